The summed E-state index contributed by atoms with van der Waals surface area (Å²) in [4.78, 5) is 0. The van der Waals surface area contributed by atoms with E-state index in [1.54, 1.807) is 7.11 Å². The summed E-state index contributed by atoms with van der Waals surface area (Å²) >= 11 is 0. The predicted octanol–water partition coefficient (Wildman–Crippen LogP) is 2.83. The molecular formula is C13H21NO. The van der Waals surface area contributed by atoms with Crippen LogP contribution in [-0.2, 0) is 6.54 Å². The van der Waals surface area contributed by atoms with Crippen LogP contribution in [0.15, 0.2) is 24.3 Å². The number of methoxy groups -OCH3 is 1. The molecule has 0 aliphatic carbocycles. The van der Waals surface area contributed by atoms with Gasteiger partial charge in [0.1, 0.15) is 5.75 Å². The molecule has 0 radical (unpaired) electrons. The molecule has 0 aromatic heterocycles. The van der Waals surface area contributed by atoms with Crippen molar-refractivity contribution in [2.75, 3.05) is 7.11 Å². The zero-order valence-electron chi connectivity index (χ0n) is 10.1. The van der Waals surface area contributed by atoms with Crippen LogP contribution in [0.4, 0.5) is 0 Å². The molecule has 84 valence electrons. The Hall–Kier alpha value is -1.02. The van der Waals surface area contributed by atoms with E-state index < -0.39 is 0 Å². The fourth-order valence-corrected chi connectivity index (χ4v) is 1.36. The van der Waals surface area contributed by atoms with Gasteiger partial charge in [-0.2, -0.15) is 0 Å². The van der Waals surface area contributed by atoms with Gasteiger partial charge >= 0.3 is 0 Å². The Morgan fingerprint density at radius 3 is 2.47 bits per heavy atom. The van der Waals surface area contributed by atoms with Gasteiger partial charge in [0, 0.05) is 18.2 Å². The quantitative estimate of drug-likeness (QED) is 0.801. The SMILES string of the molecule is COc1ccccc1CN[C@@H](C)C(C)C. The third-order valence-electron chi connectivity index (χ3n) is 2.81. The normalized spacial score (nSPS) is 12.9. The third-order valence-corrected chi connectivity index (χ3v) is 2.81. The number of benzene rings is 1. The van der Waals surface area contributed by atoms with Crippen LogP contribution < -0.4 is 10.1 Å². The van der Waals surface area contributed by atoms with Crippen LogP contribution in [-0.4, -0.2) is 13.2 Å². The zero-order valence-corrected chi connectivity index (χ0v) is 10.1. The summed E-state index contributed by atoms with van der Waals surface area (Å²) in [5, 5.41) is 3.49. The highest BCUT2D eigenvalue weighted by Crippen LogP contribution is 2.17. The third kappa shape index (κ3) is 3.56. The first-order valence-electron chi connectivity index (χ1n) is 5.50. The first kappa shape index (κ1) is 12.1. The Morgan fingerprint density at radius 1 is 1.20 bits per heavy atom. The Balaban J connectivity index is 2.57. The summed E-state index contributed by atoms with van der Waals surface area (Å²) < 4.78 is 5.30. The lowest BCUT2D eigenvalue weighted by molar-refractivity contribution is 0.395. The molecule has 15 heavy (non-hydrogen) atoms. The van der Waals surface area contributed by atoms with Crippen LogP contribution in [0.3, 0.4) is 0 Å². The van der Waals surface area contributed by atoms with E-state index in [9.17, 15) is 0 Å². The van der Waals surface area contributed by atoms with Crippen LogP contribution in [0.2, 0.25) is 0 Å². The largest absolute Gasteiger partial charge is 0.496 e. The summed E-state index contributed by atoms with van der Waals surface area (Å²) in [6.45, 7) is 7.52. The monoisotopic (exact) mass is 207 g/mol. The highest BCUT2D eigenvalue weighted by Gasteiger charge is 2.07. The fourth-order valence-electron chi connectivity index (χ4n) is 1.36. The van der Waals surface area contributed by atoms with Gasteiger partial charge in [-0.15, -0.1) is 0 Å². The minimum absolute atomic E-state index is 0.523. The molecule has 2 nitrogen and oxygen atoms in total. The molecule has 1 N–H and O–H groups in total. The maximum Gasteiger partial charge on any atom is 0.123 e. The Bertz CT molecular complexity index is 296. The molecule has 0 fully saturated rings. The Kier molecular flexibility index (Phi) is 4.63. The molecule has 1 aromatic carbocycles. The molecule has 0 saturated heterocycles. The van der Waals surface area contributed by atoms with Crippen molar-refractivity contribution in [3.05, 3.63) is 29.8 Å². The molecular weight excluding hydrogens is 186 g/mol. The van der Waals surface area contributed by atoms with Gasteiger partial charge in [0.15, 0.2) is 0 Å². The Labute approximate surface area is 92.6 Å². The van der Waals surface area contributed by atoms with Crippen molar-refractivity contribution in [1.29, 1.82) is 0 Å². The minimum Gasteiger partial charge on any atom is -0.496 e. The molecule has 0 saturated carbocycles. The summed E-state index contributed by atoms with van der Waals surface area (Å²) in [6, 6.07) is 8.65. The summed E-state index contributed by atoms with van der Waals surface area (Å²) in [5.74, 6) is 1.61. The van der Waals surface area contributed by atoms with Gasteiger partial charge in [-0.25, -0.2) is 0 Å². The lowest BCUT2D eigenvalue weighted by Crippen LogP contribution is -2.30. The fraction of sp³-hybridized carbons (Fsp3) is 0.538. The lowest BCUT2D eigenvalue weighted by atomic mass is 10.1. The van der Waals surface area contributed by atoms with Crippen molar-refractivity contribution in [2.45, 2.75) is 33.4 Å². The van der Waals surface area contributed by atoms with Crippen LogP contribution >= 0.6 is 0 Å². The molecule has 1 rings (SSSR count). The second-order valence-corrected chi connectivity index (χ2v) is 4.23. The van der Waals surface area contributed by atoms with Crippen LogP contribution in [0.5, 0.6) is 5.75 Å². The standard InChI is InChI=1S/C13H21NO/c1-10(2)11(3)14-9-12-7-5-6-8-13(12)15-4/h5-8,10-11,14H,9H2,1-4H3/t11-/m0/s1. The van der Waals surface area contributed by atoms with Crippen molar-refractivity contribution in [2.24, 2.45) is 5.92 Å². The average molecular weight is 207 g/mol. The van der Waals surface area contributed by atoms with E-state index in [0.717, 1.165) is 12.3 Å². The van der Waals surface area contributed by atoms with E-state index in [1.807, 2.05) is 18.2 Å². The van der Waals surface area contributed by atoms with Crippen molar-refractivity contribution < 1.29 is 4.74 Å². The molecule has 1 atom stereocenters. The number of hydrogen-bond donors (Lipinski definition) is 1. The highest BCUT2D eigenvalue weighted by atomic mass is 16.5. The van der Waals surface area contributed by atoms with E-state index in [4.69, 9.17) is 4.74 Å². The molecule has 0 heterocycles. The average Bonchev–Trinajstić information content (AvgIpc) is 2.26. The van der Waals surface area contributed by atoms with Crippen LogP contribution in [0, 0.1) is 5.92 Å². The van der Waals surface area contributed by atoms with E-state index >= 15 is 0 Å². The van der Waals surface area contributed by atoms with Crippen LogP contribution in [0.25, 0.3) is 0 Å². The van der Waals surface area contributed by atoms with Gasteiger partial charge in [0.2, 0.25) is 0 Å². The Morgan fingerprint density at radius 2 is 1.87 bits per heavy atom. The van der Waals surface area contributed by atoms with E-state index in [1.165, 1.54) is 5.56 Å². The number of ether oxygens (including phenoxy) is 1. The number of para-hydroxylation sites is 1. The van der Waals surface area contributed by atoms with Crippen molar-refractivity contribution in [3.8, 4) is 5.75 Å². The number of hydrogen-bond acceptors (Lipinski definition) is 2. The van der Waals surface area contributed by atoms with E-state index in [2.05, 4.69) is 32.2 Å². The smallest absolute Gasteiger partial charge is 0.123 e. The van der Waals surface area contributed by atoms with Gasteiger partial charge in [0.05, 0.1) is 7.11 Å². The second kappa shape index (κ2) is 5.76. The van der Waals surface area contributed by atoms with Gasteiger partial charge < -0.3 is 10.1 Å². The minimum atomic E-state index is 0.523. The second-order valence-electron chi connectivity index (χ2n) is 4.23. The summed E-state index contributed by atoms with van der Waals surface area (Å²) in [6.07, 6.45) is 0. The maximum atomic E-state index is 5.30. The first-order valence-corrected chi connectivity index (χ1v) is 5.50. The molecule has 2 heteroatoms. The molecule has 0 aliphatic heterocycles. The van der Waals surface area contributed by atoms with E-state index in [-0.39, 0.29) is 0 Å². The first-order chi connectivity index (χ1) is 7.15. The van der Waals surface area contributed by atoms with Crippen LogP contribution in [0.1, 0.15) is 26.3 Å². The maximum absolute atomic E-state index is 5.30. The zero-order chi connectivity index (χ0) is 11.3. The number of rotatable bonds is 5. The molecule has 0 aliphatic rings. The predicted molar refractivity (Wildman–Crippen MR) is 64.1 cm³/mol. The lowest BCUT2D eigenvalue weighted by Gasteiger charge is -2.18. The van der Waals surface area contributed by atoms with Gasteiger partial charge in [-0.3, -0.25) is 0 Å². The molecule has 0 unspecified atom stereocenters. The summed E-state index contributed by atoms with van der Waals surface area (Å²) in [7, 11) is 1.71. The number of nitrogens with one attached hydrogen (secondary N) is 1. The van der Waals surface area contributed by atoms with Gasteiger partial charge in [-0.1, -0.05) is 32.0 Å². The van der Waals surface area contributed by atoms with Gasteiger partial charge in [0.25, 0.3) is 0 Å². The van der Waals surface area contributed by atoms with E-state index in [0.29, 0.717) is 12.0 Å². The summed E-state index contributed by atoms with van der Waals surface area (Å²) in [5.41, 5.74) is 1.22. The molecule has 1 aromatic rings. The highest BCUT2D eigenvalue weighted by molar-refractivity contribution is 5.32. The van der Waals surface area contributed by atoms with Crippen molar-refractivity contribution in [1.82, 2.24) is 5.32 Å². The van der Waals surface area contributed by atoms with Gasteiger partial charge in [-0.05, 0) is 18.9 Å². The topological polar surface area (TPSA) is 21.3 Å². The van der Waals surface area contributed by atoms with Crippen molar-refractivity contribution in [3.63, 3.8) is 0 Å². The molecule has 0 bridgehead atoms. The molecule has 0 amide bonds. The van der Waals surface area contributed by atoms with Crippen molar-refractivity contribution >= 4 is 0 Å². The molecule has 0 spiro atoms.